The first-order valence-corrected chi connectivity index (χ1v) is 6.85. The van der Waals surface area contributed by atoms with Crippen molar-refractivity contribution in [3.05, 3.63) is 42.0 Å². The minimum atomic E-state index is -4.15. The first-order chi connectivity index (χ1) is 9.88. The highest BCUT2D eigenvalue weighted by atomic mass is 19.4. The fourth-order valence-electron chi connectivity index (χ4n) is 2.23. The summed E-state index contributed by atoms with van der Waals surface area (Å²) >= 11 is 0. The summed E-state index contributed by atoms with van der Waals surface area (Å²) in [5, 5.41) is 1.85. The van der Waals surface area contributed by atoms with E-state index in [0.717, 1.165) is 16.3 Å². The van der Waals surface area contributed by atoms with Gasteiger partial charge in [-0.3, -0.25) is 0 Å². The van der Waals surface area contributed by atoms with E-state index >= 15 is 0 Å². The van der Waals surface area contributed by atoms with Gasteiger partial charge in [-0.15, -0.1) is 0 Å². The second-order valence-electron chi connectivity index (χ2n) is 5.06. The van der Waals surface area contributed by atoms with E-state index in [-0.39, 0.29) is 19.1 Å². The molecule has 2 aromatic rings. The average Bonchev–Trinajstić information content (AvgIpc) is 2.42. The Morgan fingerprint density at radius 1 is 1.14 bits per heavy atom. The van der Waals surface area contributed by atoms with Gasteiger partial charge in [0.05, 0.1) is 6.61 Å². The van der Waals surface area contributed by atoms with E-state index in [1.54, 1.807) is 0 Å². The molecule has 114 valence electrons. The molecule has 0 fully saturated rings. The van der Waals surface area contributed by atoms with Crippen molar-refractivity contribution in [2.24, 2.45) is 5.73 Å². The zero-order valence-electron chi connectivity index (χ0n) is 11.8. The van der Waals surface area contributed by atoms with Crippen LogP contribution in [0.4, 0.5) is 13.2 Å². The van der Waals surface area contributed by atoms with E-state index < -0.39 is 12.6 Å². The Labute approximate surface area is 121 Å². The van der Waals surface area contributed by atoms with Crippen LogP contribution < -0.4 is 10.5 Å². The van der Waals surface area contributed by atoms with Gasteiger partial charge in [-0.2, -0.15) is 13.2 Å². The normalized spacial score (nSPS) is 13.4. The number of fused-ring (bicyclic) bond motifs is 1. The van der Waals surface area contributed by atoms with Crippen molar-refractivity contribution < 1.29 is 17.9 Å². The minimum Gasteiger partial charge on any atom is -0.493 e. The lowest BCUT2D eigenvalue weighted by atomic mass is 10.0. The van der Waals surface area contributed by atoms with E-state index in [9.17, 15) is 13.2 Å². The van der Waals surface area contributed by atoms with E-state index in [0.29, 0.717) is 5.75 Å². The highest BCUT2D eigenvalue weighted by Crippen LogP contribution is 2.33. The monoisotopic (exact) mass is 297 g/mol. The van der Waals surface area contributed by atoms with Crippen molar-refractivity contribution in [3.63, 3.8) is 0 Å². The van der Waals surface area contributed by atoms with Crippen LogP contribution in [0.1, 0.15) is 31.4 Å². The molecule has 21 heavy (non-hydrogen) atoms. The third-order valence-electron chi connectivity index (χ3n) is 3.25. The summed E-state index contributed by atoms with van der Waals surface area (Å²) in [5.74, 6) is 0.588. The van der Waals surface area contributed by atoms with Gasteiger partial charge in [0.15, 0.2) is 0 Å². The Morgan fingerprint density at radius 2 is 1.86 bits per heavy atom. The maximum Gasteiger partial charge on any atom is 0.389 e. The van der Waals surface area contributed by atoms with Gasteiger partial charge < -0.3 is 10.5 Å². The van der Waals surface area contributed by atoms with Crippen LogP contribution in [0, 0.1) is 0 Å². The molecule has 0 spiro atoms. The number of hydrogen-bond donors (Lipinski definition) is 1. The van der Waals surface area contributed by atoms with Crippen LogP contribution in [0.5, 0.6) is 5.75 Å². The molecule has 2 aromatic carbocycles. The highest BCUT2D eigenvalue weighted by Gasteiger charge is 2.26. The molecular weight excluding hydrogens is 279 g/mol. The Balaban J connectivity index is 2.21. The third-order valence-corrected chi connectivity index (χ3v) is 3.25. The molecule has 0 heterocycles. The predicted molar refractivity (Wildman–Crippen MR) is 77.3 cm³/mol. The molecule has 1 atom stereocenters. The number of hydrogen-bond acceptors (Lipinski definition) is 2. The fraction of sp³-hybridized carbons (Fsp3) is 0.375. The lowest BCUT2D eigenvalue weighted by Crippen LogP contribution is -2.12. The van der Waals surface area contributed by atoms with Gasteiger partial charge in [0, 0.05) is 23.4 Å². The molecule has 2 rings (SSSR count). The Kier molecular flexibility index (Phi) is 4.73. The van der Waals surface area contributed by atoms with Crippen molar-refractivity contribution >= 4 is 10.8 Å². The van der Waals surface area contributed by atoms with Crippen LogP contribution in [0.15, 0.2) is 36.4 Å². The molecule has 0 saturated carbocycles. The van der Waals surface area contributed by atoms with E-state index in [2.05, 4.69) is 0 Å². The molecule has 0 aliphatic carbocycles. The molecular formula is C16H18F3NO. The summed E-state index contributed by atoms with van der Waals surface area (Å²) in [7, 11) is 0. The molecule has 0 saturated heterocycles. The number of rotatable bonds is 5. The largest absolute Gasteiger partial charge is 0.493 e. The van der Waals surface area contributed by atoms with Crippen LogP contribution >= 0.6 is 0 Å². The molecule has 5 heteroatoms. The summed E-state index contributed by atoms with van der Waals surface area (Å²) in [5.41, 5.74) is 6.73. The molecule has 2 nitrogen and oxygen atoms in total. The number of halogens is 3. The van der Waals surface area contributed by atoms with Crippen LogP contribution in [0.2, 0.25) is 0 Å². The van der Waals surface area contributed by atoms with Gasteiger partial charge in [-0.25, -0.2) is 0 Å². The Bertz CT molecular complexity index is 608. The fourth-order valence-corrected chi connectivity index (χ4v) is 2.23. The van der Waals surface area contributed by atoms with Gasteiger partial charge >= 0.3 is 6.18 Å². The topological polar surface area (TPSA) is 35.2 Å². The molecule has 0 aliphatic rings. The first kappa shape index (κ1) is 15.6. The van der Waals surface area contributed by atoms with Crippen LogP contribution in [0.25, 0.3) is 10.8 Å². The lowest BCUT2D eigenvalue weighted by Gasteiger charge is -2.17. The molecule has 0 aliphatic heterocycles. The smallest absolute Gasteiger partial charge is 0.389 e. The highest BCUT2D eigenvalue weighted by molar-refractivity contribution is 5.89. The van der Waals surface area contributed by atoms with Crippen LogP contribution in [-0.2, 0) is 0 Å². The van der Waals surface area contributed by atoms with Crippen LogP contribution in [-0.4, -0.2) is 12.8 Å². The number of nitrogens with two attached hydrogens (primary N) is 1. The summed E-state index contributed by atoms with van der Waals surface area (Å²) in [6.07, 6.45) is -5.05. The maximum absolute atomic E-state index is 12.2. The van der Waals surface area contributed by atoms with E-state index in [4.69, 9.17) is 10.5 Å². The van der Waals surface area contributed by atoms with Gasteiger partial charge in [0.25, 0.3) is 0 Å². The van der Waals surface area contributed by atoms with Crippen molar-refractivity contribution in [2.75, 3.05) is 6.61 Å². The first-order valence-electron chi connectivity index (χ1n) is 6.85. The quantitative estimate of drug-likeness (QED) is 0.820. The SMILES string of the molecule is CC(N)c1ccc2ccccc2c1OCCCC(F)(F)F. The molecule has 2 N–H and O–H groups in total. The molecule has 0 amide bonds. The van der Waals surface area contributed by atoms with Gasteiger partial charge in [0.1, 0.15) is 5.75 Å². The van der Waals surface area contributed by atoms with Gasteiger partial charge in [-0.05, 0) is 18.7 Å². The van der Waals surface area contributed by atoms with Gasteiger partial charge in [0.2, 0.25) is 0 Å². The lowest BCUT2D eigenvalue weighted by molar-refractivity contribution is -0.136. The number of alkyl halides is 3. The summed E-state index contributed by atoms with van der Waals surface area (Å²) in [6.45, 7) is 1.85. The molecule has 0 aromatic heterocycles. The van der Waals surface area contributed by atoms with Crippen molar-refractivity contribution in [2.45, 2.75) is 32.0 Å². The number of ether oxygens (including phenoxy) is 1. The summed E-state index contributed by atoms with van der Waals surface area (Å²) < 4.78 is 42.1. The maximum atomic E-state index is 12.2. The third kappa shape index (κ3) is 4.11. The summed E-state index contributed by atoms with van der Waals surface area (Å²) in [4.78, 5) is 0. The molecule has 1 unspecified atom stereocenters. The van der Waals surface area contributed by atoms with Crippen molar-refractivity contribution in [1.29, 1.82) is 0 Å². The van der Waals surface area contributed by atoms with E-state index in [1.165, 1.54) is 0 Å². The van der Waals surface area contributed by atoms with Crippen molar-refractivity contribution in [3.8, 4) is 5.75 Å². The standard InChI is InChI=1S/C16H18F3NO/c1-11(20)13-8-7-12-5-2-3-6-14(12)15(13)21-10-4-9-16(17,18)19/h2-3,5-8,11H,4,9-10,20H2,1H3. The zero-order valence-corrected chi connectivity index (χ0v) is 11.8. The molecule has 0 radical (unpaired) electrons. The number of benzene rings is 2. The predicted octanol–water partition coefficient (Wildman–Crippen LogP) is 4.58. The average molecular weight is 297 g/mol. The minimum absolute atomic E-state index is 0.0211. The Morgan fingerprint density at radius 3 is 2.52 bits per heavy atom. The van der Waals surface area contributed by atoms with Gasteiger partial charge in [-0.1, -0.05) is 36.4 Å². The zero-order chi connectivity index (χ0) is 15.5. The second-order valence-corrected chi connectivity index (χ2v) is 5.06. The second kappa shape index (κ2) is 6.35. The Hall–Kier alpha value is -1.75. The van der Waals surface area contributed by atoms with Crippen molar-refractivity contribution in [1.82, 2.24) is 0 Å². The summed E-state index contributed by atoms with van der Waals surface area (Å²) in [6, 6.07) is 11.2. The molecule has 0 bridgehead atoms. The van der Waals surface area contributed by atoms with E-state index in [1.807, 2.05) is 43.3 Å². The van der Waals surface area contributed by atoms with Crippen LogP contribution in [0.3, 0.4) is 0 Å².